The van der Waals surface area contributed by atoms with Crippen molar-refractivity contribution >= 4 is 46.6 Å². The normalized spacial score (nSPS) is 15.3. The second-order valence-electron chi connectivity index (χ2n) is 8.37. The Morgan fingerprint density at radius 3 is 2.74 bits per heavy atom. The molecule has 1 aliphatic rings. The first kappa shape index (κ1) is 26.0. The van der Waals surface area contributed by atoms with Crippen LogP contribution in [0.4, 0.5) is 0 Å². The molecule has 5 rings (SSSR count). The fourth-order valence-corrected chi connectivity index (χ4v) is 5.78. The van der Waals surface area contributed by atoms with Gasteiger partial charge < -0.3 is 13.9 Å². The molecule has 0 spiro atoms. The molecule has 10 heteroatoms. The number of hydrogen-bond acceptors (Lipinski definition) is 7. The van der Waals surface area contributed by atoms with Crippen LogP contribution in [0.25, 0.3) is 17.4 Å². The number of rotatable bonds is 6. The lowest BCUT2D eigenvalue weighted by atomic mass is 9.95. The molecule has 0 bridgehead atoms. The zero-order valence-corrected chi connectivity index (χ0v) is 23.0. The topological polar surface area (TPSA) is 83.0 Å². The van der Waals surface area contributed by atoms with E-state index in [2.05, 4.69) is 4.99 Å². The highest BCUT2D eigenvalue weighted by atomic mass is 35.5. The summed E-state index contributed by atoms with van der Waals surface area (Å²) in [5, 5.41) is 1.02. The highest BCUT2D eigenvalue weighted by molar-refractivity contribution is 7.07. The third-order valence-electron chi connectivity index (χ3n) is 6.04. The number of para-hydroxylation sites is 1. The summed E-state index contributed by atoms with van der Waals surface area (Å²) in [7, 11) is 1.55. The maximum absolute atomic E-state index is 13.8. The number of allylic oxidation sites excluding steroid dienone is 1. The van der Waals surface area contributed by atoms with Crippen molar-refractivity contribution in [3.05, 3.63) is 107 Å². The molecule has 0 radical (unpaired) electrons. The molecule has 2 aromatic carbocycles. The van der Waals surface area contributed by atoms with Crippen LogP contribution in [-0.4, -0.2) is 24.3 Å². The molecule has 4 aromatic rings. The van der Waals surface area contributed by atoms with Crippen molar-refractivity contribution in [2.75, 3.05) is 13.7 Å². The van der Waals surface area contributed by atoms with Gasteiger partial charge in [0.2, 0.25) is 0 Å². The van der Waals surface area contributed by atoms with Crippen molar-refractivity contribution in [1.82, 2.24) is 4.57 Å². The first-order valence-electron chi connectivity index (χ1n) is 11.7. The number of carbonyl (C=O) groups excluding carboxylic acids is 1. The van der Waals surface area contributed by atoms with Crippen LogP contribution >= 0.6 is 34.5 Å². The Labute approximate surface area is 231 Å². The van der Waals surface area contributed by atoms with E-state index in [0.717, 1.165) is 0 Å². The Kier molecular flexibility index (Phi) is 7.29. The van der Waals surface area contributed by atoms with Gasteiger partial charge in [-0.2, -0.15) is 0 Å². The SMILES string of the molecule is CCOC(=O)C1=C(C)N=c2s/c(=C/c3ccc(-c4cc(Cl)ccc4Cl)o3)c(=O)n2C1c1ccccc1OC. The lowest BCUT2D eigenvalue weighted by Crippen LogP contribution is -2.40. The fourth-order valence-electron chi connectivity index (χ4n) is 4.37. The van der Waals surface area contributed by atoms with E-state index in [9.17, 15) is 9.59 Å². The van der Waals surface area contributed by atoms with Crippen LogP contribution in [0, 0.1) is 0 Å². The quantitative estimate of drug-likeness (QED) is 0.292. The summed E-state index contributed by atoms with van der Waals surface area (Å²) < 4.78 is 18.8. The van der Waals surface area contributed by atoms with Crippen molar-refractivity contribution in [3.63, 3.8) is 0 Å². The van der Waals surface area contributed by atoms with Gasteiger partial charge in [0.05, 0.1) is 34.5 Å². The first-order chi connectivity index (χ1) is 18.3. The molecule has 194 valence electrons. The number of hydrogen-bond donors (Lipinski definition) is 0. The Morgan fingerprint density at radius 1 is 1.18 bits per heavy atom. The summed E-state index contributed by atoms with van der Waals surface area (Å²) in [6, 6.07) is 15.1. The van der Waals surface area contributed by atoms with Gasteiger partial charge in [-0.25, -0.2) is 9.79 Å². The molecule has 0 N–H and O–H groups in total. The number of nitrogens with zero attached hydrogens (tertiary/aromatic N) is 2. The molecule has 0 fully saturated rings. The van der Waals surface area contributed by atoms with Crippen LogP contribution in [0.2, 0.25) is 10.0 Å². The molecule has 38 heavy (non-hydrogen) atoms. The lowest BCUT2D eigenvalue weighted by Gasteiger charge is -2.25. The van der Waals surface area contributed by atoms with Crippen LogP contribution in [0.5, 0.6) is 5.75 Å². The van der Waals surface area contributed by atoms with Gasteiger partial charge in [0.1, 0.15) is 23.3 Å². The number of aromatic nitrogens is 1. The van der Waals surface area contributed by atoms with Crippen molar-refractivity contribution < 1.29 is 18.7 Å². The largest absolute Gasteiger partial charge is 0.496 e. The monoisotopic (exact) mass is 568 g/mol. The second kappa shape index (κ2) is 10.6. The molecule has 0 saturated heterocycles. The van der Waals surface area contributed by atoms with E-state index in [4.69, 9.17) is 37.1 Å². The van der Waals surface area contributed by atoms with E-state index in [1.165, 1.54) is 15.9 Å². The van der Waals surface area contributed by atoms with Crippen LogP contribution < -0.4 is 19.6 Å². The number of methoxy groups -OCH3 is 1. The summed E-state index contributed by atoms with van der Waals surface area (Å²) in [5.74, 6) is 0.978. The van der Waals surface area contributed by atoms with Crippen molar-refractivity contribution in [1.29, 1.82) is 0 Å². The third kappa shape index (κ3) is 4.71. The highest BCUT2D eigenvalue weighted by Crippen LogP contribution is 2.36. The highest BCUT2D eigenvalue weighted by Gasteiger charge is 2.35. The van der Waals surface area contributed by atoms with Gasteiger partial charge in [0.15, 0.2) is 4.80 Å². The number of furan rings is 1. The minimum absolute atomic E-state index is 0.191. The van der Waals surface area contributed by atoms with Crippen LogP contribution in [0.3, 0.4) is 0 Å². The van der Waals surface area contributed by atoms with E-state index in [1.54, 1.807) is 63.4 Å². The number of thiazole rings is 1. The number of ether oxygens (including phenoxy) is 2. The number of esters is 1. The Balaban J connectivity index is 1.67. The maximum Gasteiger partial charge on any atom is 0.338 e. The molecule has 2 aromatic heterocycles. The lowest BCUT2D eigenvalue weighted by molar-refractivity contribution is -0.139. The average molecular weight is 569 g/mol. The zero-order chi connectivity index (χ0) is 27.0. The minimum Gasteiger partial charge on any atom is -0.496 e. The Hall–Kier alpha value is -3.59. The third-order valence-corrected chi connectivity index (χ3v) is 7.59. The molecule has 1 unspecified atom stereocenters. The molecule has 1 aliphatic heterocycles. The summed E-state index contributed by atoms with van der Waals surface area (Å²) in [4.78, 5) is 31.9. The summed E-state index contributed by atoms with van der Waals surface area (Å²) >= 11 is 13.7. The number of halogens is 2. The van der Waals surface area contributed by atoms with E-state index in [0.29, 0.717) is 53.5 Å². The molecule has 7 nitrogen and oxygen atoms in total. The molecular weight excluding hydrogens is 547 g/mol. The fraction of sp³-hybridized carbons (Fsp3) is 0.179. The minimum atomic E-state index is -0.777. The Bertz CT molecular complexity index is 1770. The summed E-state index contributed by atoms with van der Waals surface area (Å²) in [5.41, 5.74) is 1.73. The first-order valence-corrected chi connectivity index (χ1v) is 13.3. The van der Waals surface area contributed by atoms with Gasteiger partial charge in [-0.05, 0) is 50.2 Å². The second-order valence-corrected chi connectivity index (χ2v) is 10.2. The van der Waals surface area contributed by atoms with E-state index >= 15 is 0 Å². The van der Waals surface area contributed by atoms with Crippen LogP contribution in [-0.2, 0) is 9.53 Å². The molecule has 3 heterocycles. The molecule has 0 amide bonds. The Morgan fingerprint density at radius 2 is 1.97 bits per heavy atom. The molecular formula is C28H22Cl2N2O5S. The van der Waals surface area contributed by atoms with Gasteiger partial charge >= 0.3 is 5.97 Å². The van der Waals surface area contributed by atoms with Gasteiger partial charge in [-0.15, -0.1) is 0 Å². The van der Waals surface area contributed by atoms with Gasteiger partial charge in [0, 0.05) is 22.2 Å². The number of carbonyl (C=O) groups is 1. The van der Waals surface area contributed by atoms with Gasteiger partial charge in [0.25, 0.3) is 5.56 Å². The van der Waals surface area contributed by atoms with Gasteiger partial charge in [-0.3, -0.25) is 9.36 Å². The molecule has 1 atom stereocenters. The summed E-state index contributed by atoms with van der Waals surface area (Å²) in [6.07, 6.45) is 1.65. The maximum atomic E-state index is 13.8. The average Bonchev–Trinajstić information content (AvgIpc) is 3.49. The molecule has 0 saturated carbocycles. The smallest absolute Gasteiger partial charge is 0.338 e. The number of benzene rings is 2. The van der Waals surface area contributed by atoms with Crippen molar-refractivity contribution in [3.8, 4) is 17.1 Å². The van der Waals surface area contributed by atoms with E-state index in [-0.39, 0.29) is 17.7 Å². The van der Waals surface area contributed by atoms with E-state index in [1.807, 2.05) is 18.2 Å². The predicted molar refractivity (Wildman–Crippen MR) is 148 cm³/mol. The predicted octanol–water partition coefficient (Wildman–Crippen LogP) is 5.37. The van der Waals surface area contributed by atoms with Gasteiger partial charge in [-0.1, -0.05) is 52.7 Å². The summed E-state index contributed by atoms with van der Waals surface area (Å²) in [6.45, 7) is 3.66. The van der Waals surface area contributed by atoms with E-state index < -0.39 is 12.0 Å². The standard InChI is InChI=1S/C28H22Cl2N2O5S/c1-4-36-27(34)24-15(2)31-28-32(25(24)18-7-5-6-8-21(18)35-3)26(33)23(38-28)14-17-10-12-22(37-17)19-13-16(29)9-11-20(19)30/h5-14,25H,4H2,1-3H3/b23-14+. The number of fused-ring (bicyclic) bond motifs is 1. The zero-order valence-electron chi connectivity index (χ0n) is 20.7. The van der Waals surface area contributed by atoms with Crippen molar-refractivity contribution in [2.24, 2.45) is 4.99 Å². The molecule has 0 aliphatic carbocycles. The van der Waals surface area contributed by atoms with Crippen LogP contribution in [0.15, 0.2) is 80.1 Å². The van der Waals surface area contributed by atoms with Crippen molar-refractivity contribution in [2.45, 2.75) is 19.9 Å². The van der Waals surface area contributed by atoms with Crippen LogP contribution in [0.1, 0.15) is 31.2 Å².